The molecular weight excluding hydrogens is 514 g/mol. The monoisotopic (exact) mass is 534 g/mol. The Kier molecular flexibility index (Phi) is 5.74. The van der Waals surface area contributed by atoms with Gasteiger partial charge in [-0.3, -0.25) is 4.98 Å². The van der Waals surface area contributed by atoms with Gasteiger partial charge in [0.15, 0.2) is 9.84 Å². The molecular formula is C24H21BrF2N2O3S. The van der Waals surface area contributed by atoms with Crippen molar-refractivity contribution in [2.75, 3.05) is 19.5 Å². The minimum atomic E-state index is -3.69. The Bertz CT molecular complexity index is 1460. The number of rotatable bonds is 4. The molecule has 2 aromatic heterocycles. The largest absolute Gasteiger partial charge is 0.381 e. The topological polar surface area (TPSA) is 61.2 Å². The molecule has 0 amide bonds. The Hall–Kier alpha value is -2.36. The average molecular weight is 535 g/mol. The van der Waals surface area contributed by atoms with Crippen molar-refractivity contribution >= 4 is 47.7 Å². The number of fused-ring (bicyclic) bond motifs is 3. The molecule has 0 spiro atoms. The van der Waals surface area contributed by atoms with Gasteiger partial charge in [0.2, 0.25) is 0 Å². The number of aromatic nitrogens is 2. The van der Waals surface area contributed by atoms with E-state index in [4.69, 9.17) is 4.74 Å². The molecule has 5 nitrogen and oxygen atoms in total. The Morgan fingerprint density at radius 3 is 2.48 bits per heavy atom. The Balaban J connectivity index is 1.95. The minimum Gasteiger partial charge on any atom is -0.381 e. The van der Waals surface area contributed by atoms with E-state index in [2.05, 4.69) is 20.9 Å². The van der Waals surface area contributed by atoms with Crippen LogP contribution in [-0.4, -0.2) is 37.4 Å². The molecule has 4 aromatic rings. The molecule has 1 atom stereocenters. The van der Waals surface area contributed by atoms with Crippen molar-refractivity contribution in [2.45, 2.75) is 23.8 Å². The first-order valence-electron chi connectivity index (χ1n) is 10.6. The predicted octanol–water partition coefficient (Wildman–Crippen LogP) is 5.65. The summed E-state index contributed by atoms with van der Waals surface area (Å²) in [7, 11) is -3.69. The van der Waals surface area contributed by atoms with Crippen molar-refractivity contribution in [3.63, 3.8) is 0 Å². The highest BCUT2D eigenvalue weighted by molar-refractivity contribution is 9.10. The number of nitrogens with zero attached hydrogens (tertiary/aromatic N) is 2. The molecule has 0 bridgehead atoms. The molecule has 9 heteroatoms. The van der Waals surface area contributed by atoms with Gasteiger partial charge < -0.3 is 9.30 Å². The third kappa shape index (κ3) is 3.96. The van der Waals surface area contributed by atoms with Crippen LogP contribution in [-0.2, 0) is 14.6 Å². The maximum absolute atomic E-state index is 15.2. The van der Waals surface area contributed by atoms with E-state index in [0.717, 1.165) is 24.7 Å². The first kappa shape index (κ1) is 22.4. The number of benzene rings is 2. The molecule has 0 N–H and O–H groups in total. The van der Waals surface area contributed by atoms with Crippen LogP contribution in [0.2, 0.25) is 0 Å². The normalized spacial score (nSPS) is 16.5. The van der Waals surface area contributed by atoms with Crippen molar-refractivity contribution < 1.29 is 21.9 Å². The van der Waals surface area contributed by atoms with Crippen LogP contribution >= 0.6 is 15.9 Å². The molecule has 1 unspecified atom stereocenters. The molecule has 1 saturated heterocycles. The van der Waals surface area contributed by atoms with Crippen molar-refractivity contribution in [2.24, 2.45) is 5.92 Å². The average Bonchev–Trinajstić information content (AvgIpc) is 3.10. The number of ether oxygens (including phenoxy) is 1. The zero-order valence-electron chi connectivity index (χ0n) is 17.8. The lowest BCUT2D eigenvalue weighted by atomic mass is 9.86. The van der Waals surface area contributed by atoms with E-state index in [-0.39, 0.29) is 33.6 Å². The van der Waals surface area contributed by atoms with Crippen molar-refractivity contribution in [3.8, 4) is 0 Å². The highest BCUT2D eigenvalue weighted by Crippen LogP contribution is 2.43. The maximum Gasteiger partial charge on any atom is 0.177 e. The van der Waals surface area contributed by atoms with E-state index in [1.54, 1.807) is 18.3 Å². The van der Waals surface area contributed by atoms with Gasteiger partial charge in [0.25, 0.3) is 0 Å². The van der Waals surface area contributed by atoms with Crippen LogP contribution in [0.4, 0.5) is 8.78 Å². The molecule has 1 aliphatic rings. The lowest BCUT2D eigenvalue weighted by Crippen LogP contribution is -2.27. The van der Waals surface area contributed by atoms with E-state index in [1.807, 2.05) is 10.6 Å². The van der Waals surface area contributed by atoms with Crippen LogP contribution < -0.4 is 0 Å². The molecule has 3 heterocycles. The van der Waals surface area contributed by atoms with Crippen molar-refractivity contribution in [1.29, 1.82) is 0 Å². The van der Waals surface area contributed by atoms with Gasteiger partial charge in [-0.1, -0.05) is 12.1 Å². The summed E-state index contributed by atoms with van der Waals surface area (Å²) < 4.78 is 62.8. The molecule has 0 radical (unpaired) electrons. The van der Waals surface area contributed by atoms with Crippen LogP contribution in [0.15, 0.2) is 58.0 Å². The molecule has 172 valence electrons. The van der Waals surface area contributed by atoms with Crippen molar-refractivity contribution in [1.82, 2.24) is 9.55 Å². The third-order valence-corrected chi connectivity index (χ3v) is 7.83. The second-order valence-corrected chi connectivity index (χ2v) is 11.3. The Morgan fingerprint density at radius 2 is 1.82 bits per heavy atom. The van der Waals surface area contributed by atoms with Crippen LogP contribution in [0.1, 0.15) is 24.4 Å². The fourth-order valence-electron chi connectivity index (χ4n) is 4.85. The summed E-state index contributed by atoms with van der Waals surface area (Å²) >= 11 is 3.45. The highest BCUT2D eigenvalue weighted by Gasteiger charge is 2.33. The lowest BCUT2D eigenvalue weighted by molar-refractivity contribution is 0.0552. The standard InChI is InChI=1S/C24H21BrF2N2O3S/c1-33(30,31)20-7-6-18(27)21-22-19(12-16(25)13-28-22)29(24(20)21)23(15-8-10-32-11-9-15)14-2-4-17(26)5-3-14/h2-7,12-13,15,23H,8-11H2,1H3. The molecule has 33 heavy (non-hydrogen) atoms. The summed E-state index contributed by atoms with van der Waals surface area (Å²) in [6, 6.07) is 10.1. The summed E-state index contributed by atoms with van der Waals surface area (Å²) in [5.41, 5.74) is 2.08. The zero-order chi connectivity index (χ0) is 23.3. The van der Waals surface area contributed by atoms with Gasteiger partial charge in [0.1, 0.15) is 11.6 Å². The third-order valence-electron chi connectivity index (χ3n) is 6.26. The smallest absolute Gasteiger partial charge is 0.177 e. The quantitative estimate of drug-likeness (QED) is 0.317. The summed E-state index contributed by atoms with van der Waals surface area (Å²) in [4.78, 5) is 4.50. The zero-order valence-corrected chi connectivity index (χ0v) is 20.2. The minimum absolute atomic E-state index is 0.0344. The van der Waals surface area contributed by atoms with Crippen LogP contribution in [0.25, 0.3) is 21.9 Å². The summed E-state index contributed by atoms with van der Waals surface area (Å²) in [6.45, 7) is 1.13. The van der Waals surface area contributed by atoms with Crippen LogP contribution in [0.3, 0.4) is 0 Å². The van der Waals surface area contributed by atoms with E-state index >= 15 is 4.39 Å². The van der Waals surface area contributed by atoms with Crippen LogP contribution in [0.5, 0.6) is 0 Å². The summed E-state index contributed by atoms with van der Waals surface area (Å²) in [5.74, 6) is -0.836. The van der Waals surface area contributed by atoms with E-state index in [1.165, 1.54) is 24.3 Å². The molecule has 1 aliphatic heterocycles. The van der Waals surface area contributed by atoms with Gasteiger partial charge >= 0.3 is 0 Å². The molecule has 5 rings (SSSR count). The van der Waals surface area contributed by atoms with E-state index in [9.17, 15) is 12.8 Å². The molecule has 0 saturated carbocycles. The molecule has 0 aliphatic carbocycles. The van der Waals surface area contributed by atoms with Gasteiger partial charge in [-0.15, -0.1) is 0 Å². The van der Waals surface area contributed by atoms with E-state index in [0.29, 0.717) is 28.7 Å². The Labute approximate surface area is 198 Å². The number of halogens is 3. The first-order chi connectivity index (χ1) is 15.8. The maximum atomic E-state index is 15.2. The molecule has 2 aromatic carbocycles. The predicted molar refractivity (Wildman–Crippen MR) is 126 cm³/mol. The second kappa shape index (κ2) is 8.45. The molecule has 1 fully saturated rings. The fourth-order valence-corrected chi connectivity index (χ4v) is 6.03. The summed E-state index contributed by atoms with van der Waals surface area (Å²) in [5, 5.41) is 0.166. The van der Waals surface area contributed by atoms with Gasteiger partial charge in [0.05, 0.1) is 32.9 Å². The fraction of sp³-hybridized carbons (Fsp3) is 0.292. The SMILES string of the molecule is CS(=O)(=O)c1ccc(F)c2c3ncc(Br)cc3n(C(c3ccc(F)cc3)C3CCOCC3)c12. The summed E-state index contributed by atoms with van der Waals surface area (Å²) in [6.07, 6.45) is 4.15. The highest BCUT2D eigenvalue weighted by atomic mass is 79.9. The number of hydrogen-bond acceptors (Lipinski definition) is 4. The van der Waals surface area contributed by atoms with Crippen LogP contribution in [0, 0.1) is 17.6 Å². The first-order valence-corrected chi connectivity index (χ1v) is 13.2. The number of hydrogen-bond donors (Lipinski definition) is 0. The number of sulfone groups is 1. The van der Waals surface area contributed by atoms with Crippen molar-refractivity contribution in [3.05, 3.63) is 70.3 Å². The van der Waals surface area contributed by atoms with E-state index < -0.39 is 15.7 Å². The Morgan fingerprint density at radius 1 is 1.12 bits per heavy atom. The van der Waals surface area contributed by atoms with Gasteiger partial charge in [-0.25, -0.2) is 17.2 Å². The number of pyridine rings is 1. The van der Waals surface area contributed by atoms with Gasteiger partial charge in [0, 0.05) is 30.1 Å². The van der Waals surface area contributed by atoms with Gasteiger partial charge in [-0.2, -0.15) is 0 Å². The lowest BCUT2D eigenvalue weighted by Gasteiger charge is -2.33. The second-order valence-electron chi connectivity index (χ2n) is 8.38. The van der Waals surface area contributed by atoms with Gasteiger partial charge in [-0.05, 0) is 70.6 Å².